The molecule has 0 saturated heterocycles. The van der Waals surface area contributed by atoms with Crippen LogP contribution >= 0.6 is 0 Å². The predicted octanol–water partition coefficient (Wildman–Crippen LogP) is 2.73. The average Bonchev–Trinajstić information content (AvgIpc) is 2.29. The van der Waals surface area contributed by atoms with Gasteiger partial charge in [-0.05, 0) is 12.3 Å². The lowest BCUT2D eigenvalue weighted by molar-refractivity contribution is -0.138. The van der Waals surface area contributed by atoms with Gasteiger partial charge in [-0.1, -0.05) is 36.4 Å². The molecule has 0 heterocycles. The standard InChI is InChI=1S/C13H12O3/c1-8(13(15)16)10-7-6-9-4-2-3-5-11(9)12(10)14/h2-8,14H,1H3,(H,15,16). The number of phenols is 1. The third kappa shape index (κ3) is 1.60. The summed E-state index contributed by atoms with van der Waals surface area (Å²) < 4.78 is 0. The van der Waals surface area contributed by atoms with Gasteiger partial charge in [0, 0.05) is 10.9 Å². The number of carboxylic acids is 1. The first kappa shape index (κ1) is 10.5. The van der Waals surface area contributed by atoms with Crippen molar-refractivity contribution in [3.63, 3.8) is 0 Å². The summed E-state index contributed by atoms with van der Waals surface area (Å²) in [7, 11) is 0. The fraction of sp³-hybridized carbons (Fsp3) is 0.154. The van der Waals surface area contributed by atoms with E-state index in [1.54, 1.807) is 19.1 Å². The minimum Gasteiger partial charge on any atom is -0.507 e. The van der Waals surface area contributed by atoms with Crippen molar-refractivity contribution >= 4 is 16.7 Å². The molecule has 0 aliphatic carbocycles. The first-order chi connectivity index (χ1) is 7.61. The second kappa shape index (κ2) is 3.85. The van der Waals surface area contributed by atoms with Crippen molar-refractivity contribution in [3.05, 3.63) is 42.0 Å². The highest BCUT2D eigenvalue weighted by Gasteiger charge is 2.18. The number of fused-ring (bicyclic) bond motifs is 1. The molecule has 82 valence electrons. The van der Waals surface area contributed by atoms with Gasteiger partial charge in [-0.25, -0.2) is 0 Å². The minimum absolute atomic E-state index is 0.0630. The Labute approximate surface area is 93.0 Å². The SMILES string of the molecule is CC(C(=O)O)c1ccc2ccccc2c1O. The number of phenolic OH excluding ortho intramolecular Hbond substituents is 1. The van der Waals surface area contributed by atoms with Crippen molar-refractivity contribution in [2.45, 2.75) is 12.8 Å². The maximum atomic E-state index is 10.9. The zero-order valence-electron chi connectivity index (χ0n) is 8.84. The highest BCUT2D eigenvalue weighted by atomic mass is 16.4. The number of carbonyl (C=O) groups is 1. The summed E-state index contributed by atoms with van der Waals surface area (Å²) >= 11 is 0. The monoisotopic (exact) mass is 216 g/mol. The van der Waals surface area contributed by atoms with E-state index in [2.05, 4.69) is 0 Å². The summed E-state index contributed by atoms with van der Waals surface area (Å²) in [5, 5.41) is 20.5. The molecule has 0 radical (unpaired) electrons. The van der Waals surface area contributed by atoms with Gasteiger partial charge in [0.1, 0.15) is 5.75 Å². The van der Waals surface area contributed by atoms with Gasteiger partial charge in [-0.15, -0.1) is 0 Å². The van der Waals surface area contributed by atoms with Crippen molar-refractivity contribution in [2.24, 2.45) is 0 Å². The molecular weight excluding hydrogens is 204 g/mol. The zero-order chi connectivity index (χ0) is 11.7. The summed E-state index contributed by atoms with van der Waals surface area (Å²) in [5.74, 6) is -1.58. The average molecular weight is 216 g/mol. The maximum Gasteiger partial charge on any atom is 0.310 e. The van der Waals surface area contributed by atoms with E-state index in [1.807, 2.05) is 24.3 Å². The van der Waals surface area contributed by atoms with Gasteiger partial charge in [0.05, 0.1) is 5.92 Å². The largest absolute Gasteiger partial charge is 0.507 e. The van der Waals surface area contributed by atoms with E-state index in [9.17, 15) is 9.90 Å². The Bertz CT molecular complexity index is 546. The Morgan fingerprint density at radius 2 is 1.88 bits per heavy atom. The van der Waals surface area contributed by atoms with Crippen LogP contribution in [0.5, 0.6) is 5.75 Å². The molecule has 1 atom stereocenters. The number of aromatic hydroxyl groups is 1. The number of carboxylic acid groups (broad SMARTS) is 1. The molecule has 16 heavy (non-hydrogen) atoms. The molecule has 0 saturated carbocycles. The van der Waals surface area contributed by atoms with E-state index in [0.29, 0.717) is 10.9 Å². The van der Waals surface area contributed by atoms with E-state index >= 15 is 0 Å². The molecule has 2 rings (SSSR count). The molecule has 0 bridgehead atoms. The molecule has 0 aromatic heterocycles. The van der Waals surface area contributed by atoms with Gasteiger partial charge >= 0.3 is 5.97 Å². The highest BCUT2D eigenvalue weighted by molar-refractivity contribution is 5.91. The van der Waals surface area contributed by atoms with Crippen LogP contribution in [-0.2, 0) is 4.79 Å². The third-order valence-corrected chi connectivity index (χ3v) is 2.77. The Hall–Kier alpha value is -2.03. The summed E-state index contributed by atoms with van der Waals surface area (Å²) in [6.07, 6.45) is 0. The van der Waals surface area contributed by atoms with Crippen LogP contribution in [0.3, 0.4) is 0 Å². The molecule has 2 aromatic carbocycles. The maximum absolute atomic E-state index is 10.9. The molecular formula is C13H12O3. The lowest BCUT2D eigenvalue weighted by Gasteiger charge is -2.11. The molecule has 0 aliphatic heterocycles. The highest BCUT2D eigenvalue weighted by Crippen LogP contribution is 2.33. The van der Waals surface area contributed by atoms with Crippen LogP contribution < -0.4 is 0 Å². The quantitative estimate of drug-likeness (QED) is 0.811. The van der Waals surface area contributed by atoms with Crippen LogP contribution in [0, 0.1) is 0 Å². The first-order valence-electron chi connectivity index (χ1n) is 5.04. The second-order valence-electron chi connectivity index (χ2n) is 3.78. The Kier molecular flexibility index (Phi) is 2.52. The number of hydrogen-bond donors (Lipinski definition) is 2. The van der Waals surface area contributed by atoms with E-state index in [4.69, 9.17) is 5.11 Å². The van der Waals surface area contributed by atoms with Crippen molar-refractivity contribution < 1.29 is 15.0 Å². The van der Waals surface area contributed by atoms with E-state index in [0.717, 1.165) is 5.39 Å². The normalized spacial score (nSPS) is 12.6. The summed E-state index contributed by atoms with van der Waals surface area (Å²) in [6, 6.07) is 10.8. The molecule has 3 heteroatoms. The molecule has 2 N–H and O–H groups in total. The van der Waals surface area contributed by atoms with Gasteiger partial charge in [0.15, 0.2) is 0 Å². The summed E-state index contributed by atoms with van der Waals surface area (Å²) in [6.45, 7) is 1.56. The smallest absolute Gasteiger partial charge is 0.310 e. The van der Waals surface area contributed by atoms with Crippen LogP contribution in [0.2, 0.25) is 0 Å². The van der Waals surface area contributed by atoms with E-state index < -0.39 is 11.9 Å². The van der Waals surface area contributed by atoms with Crippen molar-refractivity contribution in [2.75, 3.05) is 0 Å². The van der Waals surface area contributed by atoms with Crippen LogP contribution in [-0.4, -0.2) is 16.2 Å². The molecule has 2 aromatic rings. The third-order valence-electron chi connectivity index (χ3n) is 2.77. The molecule has 0 fully saturated rings. The number of aliphatic carboxylic acids is 1. The summed E-state index contributed by atoms with van der Waals surface area (Å²) in [4.78, 5) is 10.9. The van der Waals surface area contributed by atoms with Crippen molar-refractivity contribution in [3.8, 4) is 5.75 Å². The van der Waals surface area contributed by atoms with Crippen molar-refractivity contribution in [1.29, 1.82) is 0 Å². The Morgan fingerprint density at radius 1 is 1.19 bits per heavy atom. The van der Waals surface area contributed by atoms with E-state index in [-0.39, 0.29) is 5.75 Å². The second-order valence-corrected chi connectivity index (χ2v) is 3.78. The van der Waals surface area contributed by atoms with Crippen LogP contribution in [0.25, 0.3) is 10.8 Å². The summed E-state index contributed by atoms with van der Waals surface area (Å²) in [5.41, 5.74) is 0.450. The van der Waals surface area contributed by atoms with Crippen LogP contribution in [0.4, 0.5) is 0 Å². The number of rotatable bonds is 2. The van der Waals surface area contributed by atoms with Crippen LogP contribution in [0.1, 0.15) is 18.4 Å². The van der Waals surface area contributed by atoms with Gasteiger partial charge in [-0.3, -0.25) is 4.79 Å². The number of hydrogen-bond acceptors (Lipinski definition) is 2. The van der Waals surface area contributed by atoms with Gasteiger partial charge in [-0.2, -0.15) is 0 Å². The molecule has 1 unspecified atom stereocenters. The Balaban J connectivity index is 2.65. The predicted molar refractivity (Wildman–Crippen MR) is 61.7 cm³/mol. The number of benzene rings is 2. The van der Waals surface area contributed by atoms with Gasteiger partial charge in [0.2, 0.25) is 0 Å². The minimum atomic E-state index is -0.939. The van der Waals surface area contributed by atoms with Crippen molar-refractivity contribution in [1.82, 2.24) is 0 Å². The fourth-order valence-corrected chi connectivity index (χ4v) is 1.75. The lowest BCUT2D eigenvalue weighted by Crippen LogP contribution is -2.07. The topological polar surface area (TPSA) is 57.5 Å². The van der Waals surface area contributed by atoms with Gasteiger partial charge in [0.25, 0.3) is 0 Å². The zero-order valence-corrected chi connectivity index (χ0v) is 8.84. The van der Waals surface area contributed by atoms with Gasteiger partial charge < -0.3 is 10.2 Å². The Morgan fingerprint density at radius 3 is 2.56 bits per heavy atom. The fourth-order valence-electron chi connectivity index (χ4n) is 1.75. The molecule has 0 spiro atoms. The van der Waals surface area contributed by atoms with Crippen LogP contribution in [0.15, 0.2) is 36.4 Å². The lowest BCUT2D eigenvalue weighted by atomic mass is 9.96. The van der Waals surface area contributed by atoms with E-state index in [1.165, 1.54) is 0 Å². The first-order valence-corrected chi connectivity index (χ1v) is 5.04. The molecule has 0 amide bonds. The molecule has 3 nitrogen and oxygen atoms in total. The molecule has 0 aliphatic rings.